The second-order valence-electron chi connectivity index (χ2n) is 7.70. The molecular formula is C25H22N2O3S. The quantitative estimate of drug-likeness (QED) is 0.326. The van der Waals surface area contributed by atoms with Crippen LogP contribution in [0.1, 0.15) is 22.3 Å². The first-order valence-corrected chi connectivity index (χ1v) is 11.1. The first-order valence-electron chi connectivity index (χ1n) is 10.2. The van der Waals surface area contributed by atoms with E-state index >= 15 is 0 Å². The summed E-state index contributed by atoms with van der Waals surface area (Å²) in [5.74, 6) is 2.19. The molecule has 0 radical (unpaired) electrons. The van der Waals surface area contributed by atoms with Crippen LogP contribution < -0.4 is 15.0 Å². The molecule has 1 aromatic heterocycles. The summed E-state index contributed by atoms with van der Waals surface area (Å²) < 4.78 is 12.7. The molecular weight excluding hydrogens is 408 g/mol. The molecule has 0 aliphatic carbocycles. The molecule has 5 rings (SSSR count). The Morgan fingerprint density at radius 3 is 2.61 bits per heavy atom. The van der Waals surface area contributed by atoms with Crippen LogP contribution in [-0.4, -0.2) is 16.3 Å². The Hall–Kier alpha value is -3.25. The van der Waals surface area contributed by atoms with Crippen molar-refractivity contribution in [2.75, 3.05) is 6.79 Å². The predicted octanol–water partition coefficient (Wildman–Crippen LogP) is 5.08. The van der Waals surface area contributed by atoms with Crippen molar-refractivity contribution in [1.82, 2.24) is 9.55 Å². The van der Waals surface area contributed by atoms with Crippen molar-refractivity contribution >= 4 is 22.7 Å². The molecule has 0 N–H and O–H groups in total. The van der Waals surface area contributed by atoms with Gasteiger partial charge in [0, 0.05) is 5.75 Å². The van der Waals surface area contributed by atoms with Crippen molar-refractivity contribution in [2.24, 2.45) is 0 Å². The molecule has 31 heavy (non-hydrogen) atoms. The van der Waals surface area contributed by atoms with Gasteiger partial charge in [0.05, 0.1) is 17.4 Å². The number of ether oxygens (including phenoxy) is 2. The number of aromatic nitrogens is 2. The van der Waals surface area contributed by atoms with Crippen molar-refractivity contribution < 1.29 is 9.47 Å². The Bertz CT molecular complexity index is 1350. The molecule has 0 bridgehead atoms. The Kier molecular flexibility index (Phi) is 5.16. The third-order valence-electron chi connectivity index (χ3n) is 5.54. The Morgan fingerprint density at radius 1 is 0.935 bits per heavy atom. The summed E-state index contributed by atoms with van der Waals surface area (Å²) in [6.07, 6.45) is 0. The van der Waals surface area contributed by atoms with Crippen molar-refractivity contribution in [2.45, 2.75) is 31.3 Å². The van der Waals surface area contributed by atoms with Crippen LogP contribution in [0.2, 0.25) is 0 Å². The second kappa shape index (κ2) is 8.12. The van der Waals surface area contributed by atoms with E-state index in [2.05, 4.69) is 32.0 Å². The molecule has 1 aliphatic rings. The van der Waals surface area contributed by atoms with Crippen molar-refractivity contribution in [1.29, 1.82) is 0 Å². The molecule has 0 spiro atoms. The molecule has 3 aromatic carbocycles. The summed E-state index contributed by atoms with van der Waals surface area (Å²) in [6, 6.07) is 19.8. The van der Waals surface area contributed by atoms with E-state index in [0.717, 1.165) is 22.6 Å². The van der Waals surface area contributed by atoms with E-state index in [4.69, 9.17) is 14.5 Å². The predicted molar refractivity (Wildman–Crippen MR) is 123 cm³/mol. The van der Waals surface area contributed by atoms with E-state index in [1.807, 2.05) is 42.5 Å². The van der Waals surface area contributed by atoms with Gasteiger partial charge < -0.3 is 9.47 Å². The number of thioether (sulfide) groups is 1. The molecule has 0 saturated carbocycles. The minimum Gasteiger partial charge on any atom is -0.454 e. The standard InChI is InChI=1S/C25H22N2O3S/c1-16-7-8-19(11-17(16)2)14-31-25-26-21-6-4-3-5-20(21)24(28)27(25)13-18-9-10-22-23(12-18)30-15-29-22/h3-12H,13-15H2,1-2H3. The van der Waals surface area contributed by atoms with E-state index in [9.17, 15) is 4.79 Å². The van der Waals surface area contributed by atoms with Gasteiger partial charge in [0.1, 0.15) is 0 Å². The molecule has 4 aromatic rings. The fourth-order valence-corrected chi connectivity index (χ4v) is 4.60. The number of para-hydroxylation sites is 1. The molecule has 0 atom stereocenters. The highest BCUT2D eigenvalue weighted by molar-refractivity contribution is 7.98. The van der Waals surface area contributed by atoms with Gasteiger partial charge in [-0.05, 0) is 60.4 Å². The maximum Gasteiger partial charge on any atom is 0.262 e. The van der Waals surface area contributed by atoms with E-state index in [1.54, 1.807) is 16.3 Å². The molecule has 0 unspecified atom stereocenters. The zero-order chi connectivity index (χ0) is 21.4. The molecule has 0 amide bonds. The van der Waals surface area contributed by atoms with E-state index in [1.165, 1.54) is 16.7 Å². The zero-order valence-electron chi connectivity index (χ0n) is 17.4. The third-order valence-corrected chi connectivity index (χ3v) is 6.59. The highest BCUT2D eigenvalue weighted by Crippen LogP contribution is 2.33. The summed E-state index contributed by atoms with van der Waals surface area (Å²) in [6.45, 7) is 4.88. The molecule has 2 heterocycles. The number of nitrogens with zero attached hydrogens (tertiary/aromatic N) is 2. The number of hydrogen-bond acceptors (Lipinski definition) is 5. The molecule has 6 heteroatoms. The zero-order valence-corrected chi connectivity index (χ0v) is 18.2. The highest BCUT2D eigenvalue weighted by Gasteiger charge is 2.16. The lowest BCUT2D eigenvalue weighted by molar-refractivity contribution is 0.174. The van der Waals surface area contributed by atoms with Crippen LogP contribution in [0.15, 0.2) is 70.6 Å². The van der Waals surface area contributed by atoms with Crippen LogP contribution in [-0.2, 0) is 12.3 Å². The van der Waals surface area contributed by atoms with Crippen LogP contribution in [0, 0.1) is 13.8 Å². The van der Waals surface area contributed by atoms with Gasteiger partial charge in [-0.15, -0.1) is 0 Å². The topological polar surface area (TPSA) is 53.4 Å². The van der Waals surface area contributed by atoms with Crippen LogP contribution in [0.25, 0.3) is 10.9 Å². The maximum atomic E-state index is 13.4. The fraction of sp³-hybridized carbons (Fsp3) is 0.200. The first kappa shape index (κ1) is 19.7. The van der Waals surface area contributed by atoms with Gasteiger partial charge in [-0.25, -0.2) is 4.98 Å². The molecule has 1 aliphatic heterocycles. The van der Waals surface area contributed by atoms with Gasteiger partial charge in [0.25, 0.3) is 5.56 Å². The maximum absolute atomic E-state index is 13.4. The smallest absolute Gasteiger partial charge is 0.262 e. The lowest BCUT2D eigenvalue weighted by atomic mass is 10.1. The van der Waals surface area contributed by atoms with Crippen LogP contribution in [0.3, 0.4) is 0 Å². The average Bonchev–Trinajstić information content (AvgIpc) is 3.25. The van der Waals surface area contributed by atoms with Gasteiger partial charge in [-0.3, -0.25) is 9.36 Å². The van der Waals surface area contributed by atoms with Crippen molar-refractivity contribution in [3.63, 3.8) is 0 Å². The van der Waals surface area contributed by atoms with Gasteiger partial charge in [0.2, 0.25) is 6.79 Å². The molecule has 156 valence electrons. The van der Waals surface area contributed by atoms with Crippen molar-refractivity contribution in [3.05, 3.63) is 93.3 Å². The summed E-state index contributed by atoms with van der Waals surface area (Å²) in [5, 5.41) is 1.33. The Balaban J connectivity index is 1.52. The monoisotopic (exact) mass is 430 g/mol. The summed E-state index contributed by atoms with van der Waals surface area (Å²) in [5.41, 5.74) is 5.41. The lowest BCUT2D eigenvalue weighted by Crippen LogP contribution is -2.24. The van der Waals surface area contributed by atoms with Crippen LogP contribution in [0.5, 0.6) is 11.5 Å². The number of benzene rings is 3. The van der Waals surface area contributed by atoms with Crippen molar-refractivity contribution in [3.8, 4) is 11.5 Å². The SMILES string of the molecule is Cc1ccc(CSc2nc3ccccc3c(=O)n2Cc2ccc3c(c2)OCO3)cc1C. The number of hydrogen-bond donors (Lipinski definition) is 0. The third kappa shape index (κ3) is 3.91. The fourth-order valence-electron chi connectivity index (χ4n) is 3.66. The highest BCUT2D eigenvalue weighted by atomic mass is 32.2. The first-order chi connectivity index (χ1) is 15.1. The summed E-state index contributed by atoms with van der Waals surface area (Å²) in [7, 11) is 0. The molecule has 0 fully saturated rings. The number of fused-ring (bicyclic) bond motifs is 2. The van der Waals surface area contributed by atoms with Gasteiger partial charge in [-0.2, -0.15) is 0 Å². The average molecular weight is 431 g/mol. The van der Waals surface area contributed by atoms with E-state index in [-0.39, 0.29) is 12.4 Å². The van der Waals surface area contributed by atoms with Gasteiger partial charge in [0.15, 0.2) is 16.7 Å². The van der Waals surface area contributed by atoms with Gasteiger partial charge >= 0.3 is 0 Å². The minimum atomic E-state index is -0.0362. The normalized spacial score (nSPS) is 12.5. The van der Waals surface area contributed by atoms with Gasteiger partial charge in [-0.1, -0.05) is 48.2 Å². The number of rotatable bonds is 5. The van der Waals surface area contributed by atoms with E-state index < -0.39 is 0 Å². The minimum absolute atomic E-state index is 0.0362. The van der Waals surface area contributed by atoms with Crippen LogP contribution in [0.4, 0.5) is 0 Å². The summed E-state index contributed by atoms with van der Waals surface area (Å²) in [4.78, 5) is 18.2. The number of aryl methyl sites for hydroxylation is 2. The second-order valence-corrected chi connectivity index (χ2v) is 8.64. The van der Waals surface area contributed by atoms with Crippen LogP contribution >= 0.6 is 11.8 Å². The lowest BCUT2D eigenvalue weighted by Gasteiger charge is -2.14. The molecule has 5 nitrogen and oxygen atoms in total. The summed E-state index contributed by atoms with van der Waals surface area (Å²) >= 11 is 1.58. The Labute approximate surface area is 184 Å². The van der Waals surface area contributed by atoms with E-state index in [0.29, 0.717) is 22.8 Å². The Morgan fingerprint density at radius 2 is 1.74 bits per heavy atom. The largest absolute Gasteiger partial charge is 0.454 e. The molecule has 0 saturated heterocycles.